The highest BCUT2D eigenvalue weighted by Gasteiger charge is 2.44. The molecule has 1 fully saturated rings. The van der Waals surface area contributed by atoms with E-state index in [1.54, 1.807) is 7.11 Å². The summed E-state index contributed by atoms with van der Waals surface area (Å²) < 4.78 is 5.53. The van der Waals surface area contributed by atoms with Gasteiger partial charge in [0.05, 0.1) is 13.2 Å². The van der Waals surface area contributed by atoms with Crippen molar-refractivity contribution in [2.75, 3.05) is 7.11 Å². The number of rotatable bonds is 5. The van der Waals surface area contributed by atoms with E-state index in [2.05, 4.69) is 63.2 Å². The van der Waals surface area contributed by atoms with Crippen molar-refractivity contribution in [2.24, 2.45) is 11.3 Å². The number of hydrogen-bond acceptors (Lipinski definition) is 2. The van der Waals surface area contributed by atoms with Gasteiger partial charge in [-0.15, -0.1) is 0 Å². The zero-order valence-electron chi connectivity index (χ0n) is 16.5. The highest BCUT2D eigenvalue weighted by Crippen LogP contribution is 2.48. The SMILES string of the molecule is COc1ccccc1C[C@]1(C)CCC(C(C)(C)c2ccccc2)C(O)C1. The van der Waals surface area contributed by atoms with Crippen molar-refractivity contribution in [3.8, 4) is 5.75 Å². The van der Waals surface area contributed by atoms with E-state index >= 15 is 0 Å². The Kier molecular flexibility index (Phi) is 5.43. The zero-order valence-corrected chi connectivity index (χ0v) is 16.5. The molecule has 3 atom stereocenters. The molecule has 2 heteroatoms. The predicted octanol–water partition coefficient (Wildman–Crippen LogP) is 5.38. The van der Waals surface area contributed by atoms with Crippen molar-refractivity contribution in [1.82, 2.24) is 0 Å². The van der Waals surface area contributed by atoms with Crippen LogP contribution in [-0.2, 0) is 11.8 Å². The summed E-state index contributed by atoms with van der Waals surface area (Å²) in [5.74, 6) is 1.24. The lowest BCUT2D eigenvalue weighted by Crippen LogP contribution is -2.45. The van der Waals surface area contributed by atoms with E-state index in [0.717, 1.165) is 31.4 Å². The highest BCUT2D eigenvalue weighted by atomic mass is 16.5. The minimum Gasteiger partial charge on any atom is -0.496 e. The molecule has 26 heavy (non-hydrogen) atoms. The Morgan fingerprint density at radius 2 is 1.73 bits per heavy atom. The van der Waals surface area contributed by atoms with Crippen LogP contribution in [0.25, 0.3) is 0 Å². The van der Waals surface area contributed by atoms with Crippen molar-refractivity contribution in [2.45, 2.75) is 58.0 Å². The molecule has 0 saturated heterocycles. The molecule has 0 spiro atoms. The molecule has 140 valence electrons. The maximum Gasteiger partial charge on any atom is 0.122 e. The standard InChI is InChI=1S/C24H32O2/c1-23(2,19-11-6-5-7-12-19)20-14-15-24(3,17-21(20)25)16-18-10-8-9-13-22(18)26-4/h5-13,20-21,25H,14-17H2,1-4H3/t20?,21?,24-/m0/s1. The molecule has 2 nitrogen and oxygen atoms in total. The molecule has 1 N–H and O–H groups in total. The van der Waals surface area contributed by atoms with E-state index in [1.807, 2.05) is 12.1 Å². The van der Waals surface area contributed by atoms with Crippen LogP contribution in [0.1, 0.15) is 51.2 Å². The first-order valence-electron chi connectivity index (χ1n) is 9.71. The van der Waals surface area contributed by atoms with Gasteiger partial charge in [0.15, 0.2) is 0 Å². The van der Waals surface area contributed by atoms with Crippen molar-refractivity contribution in [1.29, 1.82) is 0 Å². The second-order valence-electron chi connectivity index (χ2n) is 8.80. The van der Waals surface area contributed by atoms with Gasteiger partial charge in [0.1, 0.15) is 5.75 Å². The van der Waals surface area contributed by atoms with Crippen LogP contribution in [0.5, 0.6) is 5.75 Å². The zero-order chi connectivity index (χ0) is 18.8. The van der Waals surface area contributed by atoms with Crippen LogP contribution >= 0.6 is 0 Å². The lowest BCUT2D eigenvalue weighted by atomic mass is 9.59. The van der Waals surface area contributed by atoms with E-state index in [1.165, 1.54) is 11.1 Å². The largest absolute Gasteiger partial charge is 0.496 e. The van der Waals surface area contributed by atoms with E-state index in [-0.39, 0.29) is 22.9 Å². The molecular formula is C24H32O2. The summed E-state index contributed by atoms with van der Waals surface area (Å²) >= 11 is 0. The number of para-hydroxylation sites is 1. The predicted molar refractivity (Wildman–Crippen MR) is 108 cm³/mol. The molecule has 1 aliphatic carbocycles. The summed E-state index contributed by atoms with van der Waals surface area (Å²) in [5, 5.41) is 11.1. The Bertz CT molecular complexity index is 722. The first-order chi connectivity index (χ1) is 12.4. The monoisotopic (exact) mass is 352 g/mol. The van der Waals surface area contributed by atoms with Crippen LogP contribution < -0.4 is 4.74 Å². The highest BCUT2D eigenvalue weighted by molar-refractivity contribution is 5.34. The molecule has 0 aliphatic heterocycles. The summed E-state index contributed by atoms with van der Waals surface area (Å²) in [6, 6.07) is 18.9. The fraction of sp³-hybridized carbons (Fsp3) is 0.500. The summed E-state index contributed by atoms with van der Waals surface area (Å²) in [7, 11) is 1.73. The van der Waals surface area contributed by atoms with Gasteiger partial charge in [0.2, 0.25) is 0 Å². The van der Waals surface area contributed by atoms with Crippen molar-refractivity contribution in [3.63, 3.8) is 0 Å². The van der Waals surface area contributed by atoms with Gasteiger partial charge >= 0.3 is 0 Å². The third-order valence-electron chi connectivity index (χ3n) is 6.48. The maximum absolute atomic E-state index is 11.1. The van der Waals surface area contributed by atoms with E-state index in [9.17, 15) is 5.11 Å². The Morgan fingerprint density at radius 3 is 2.38 bits per heavy atom. The van der Waals surface area contributed by atoms with Gasteiger partial charge in [-0.2, -0.15) is 0 Å². The second-order valence-corrected chi connectivity index (χ2v) is 8.80. The molecule has 0 heterocycles. The molecule has 1 saturated carbocycles. The van der Waals surface area contributed by atoms with Gasteiger partial charge in [-0.05, 0) is 59.6 Å². The number of ether oxygens (including phenoxy) is 1. The minimum absolute atomic E-state index is 0.0214. The number of hydrogen-bond donors (Lipinski definition) is 1. The van der Waals surface area contributed by atoms with Gasteiger partial charge in [0, 0.05) is 0 Å². The van der Waals surface area contributed by atoms with Crippen LogP contribution in [0, 0.1) is 11.3 Å². The Balaban J connectivity index is 1.75. The lowest BCUT2D eigenvalue weighted by Gasteiger charge is -2.47. The van der Waals surface area contributed by atoms with Crippen molar-refractivity contribution in [3.05, 3.63) is 65.7 Å². The molecule has 0 radical (unpaired) electrons. The second kappa shape index (κ2) is 7.44. The van der Waals surface area contributed by atoms with Crippen molar-refractivity contribution >= 4 is 0 Å². The average molecular weight is 353 g/mol. The molecule has 3 rings (SSSR count). The van der Waals surface area contributed by atoms with Crippen LogP contribution in [0.2, 0.25) is 0 Å². The van der Waals surface area contributed by atoms with E-state index in [0.29, 0.717) is 0 Å². The smallest absolute Gasteiger partial charge is 0.122 e. The van der Waals surface area contributed by atoms with Gasteiger partial charge in [-0.25, -0.2) is 0 Å². The van der Waals surface area contributed by atoms with E-state index in [4.69, 9.17) is 4.74 Å². The summed E-state index contributed by atoms with van der Waals surface area (Å²) in [6.07, 6.45) is 3.69. The van der Waals surface area contributed by atoms with Gasteiger partial charge in [0.25, 0.3) is 0 Å². The number of aliphatic hydroxyl groups excluding tert-OH is 1. The first-order valence-corrected chi connectivity index (χ1v) is 9.71. The van der Waals surface area contributed by atoms with Crippen LogP contribution in [0.4, 0.5) is 0 Å². The minimum atomic E-state index is -0.279. The third kappa shape index (κ3) is 3.81. The van der Waals surface area contributed by atoms with Crippen LogP contribution in [0.3, 0.4) is 0 Å². The quantitative estimate of drug-likeness (QED) is 0.782. The average Bonchev–Trinajstić information content (AvgIpc) is 2.62. The normalized spacial score (nSPS) is 26.5. The van der Waals surface area contributed by atoms with Crippen LogP contribution in [0.15, 0.2) is 54.6 Å². The molecule has 0 aromatic heterocycles. The first kappa shape index (κ1) is 19.0. The Morgan fingerprint density at radius 1 is 1.08 bits per heavy atom. The van der Waals surface area contributed by atoms with E-state index < -0.39 is 0 Å². The number of methoxy groups -OCH3 is 1. The number of aliphatic hydroxyl groups is 1. The Hall–Kier alpha value is -1.80. The van der Waals surface area contributed by atoms with Crippen LogP contribution in [-0.4, -0.2) is 18.3 Å². The van der Waals surface area contributed by atoms with Gasteiger partial charge < -0.3 is 9.84 Å². The molecular weight excluding hydrogens is 320 g/mol. The fourth-order valence-electron chi connectivity index (χ4n) is 4.84. The molecule has 0 bridgehead atoms. The van der Waals surface area contributed by atoms with Crippen molar-refractivity contribution < 1.29 is 9.84 Å². The molecule has 0 amide bonds. The summed E-state index contributed by atoms with van der Waals surface area (Å²) in [6.45, 7) is 6.87. The lowest BCUT2D eigenvalue weighted by molar-refractivity contribution is -0.0198. The Labute approximate surface area is 158 Å². The molecule has 2 aromatic rings. The topological polar surface area (TPSA) is 29.5 Å². The fourth-order valence-corrected chi connectivity index (χ4v) is 4.84. The number of benzene rings is 2. The molecule has 1 aliphatic rings. The molecule has 2 unspecified atom stereocenters. The molecule has 2 aromatic carbocycles. The third-order valence-corrected chi connectivity index (χ3v) is 6.48. The maximum atomic E-state index is 11.1. The van der Waals surface area contributed by atoms with Gasteiger partial charge in [-0.3, -0.25) is 0 Å². The summed E-state index contributed by atoms with van der Waals surface area (Å²) in [4.78, 5) is 0. The summed E-state index contributed by atoms with van der Waals surface area (Å²) in [5.41, 5.74) is 2.65. The van der Waals surface area contributed by atoms with Gasteiger partial charge in [-0.1, -0.05) is 69.3 Å².